The van der Waals surface area contributed by atoms with Gasteiger partial charge in [-0.25, -0.2) is 9.59 Å². The minimum absolute atomic E-state index is 0.0252. The Morgan fingerprint density at radius 3 is 2.12 bits per heavy atom. The number of nitrogens with one attached hydrogen (secondary N) is 5. The van der Waals surface area contributed by atoms with Crippen LogP contribution in [0.3, 0.4) is 0 Å². The van der Waals surface area contributed by atoms with Crippen molar-refractivity contribution in [2.24, 2.45) is 0 Å². The van der Waals surface area contributed by atoms with Crippen molar-refractivity contribution in [1.29, 1.82) is 0 Å². The second-order valence-corrected chi connectivity index (χ2v) is 12.9. The Hall–Kier alpha value is -6.30. The van der Waals surface area contributed by atoms with Crippen LogP contribution in [0.2, 0.25) is 0 Å². The van der Waals surface area contributed by atoms with Gasteiger partial charge in [0.1, 0.15) is 35.8 Å². The summed E-state index contributed by atoms with van der Waals surface area (Å²) in [6.07, 6.45) is 1.04. The summed E-state index contributed by atoms with van der Waals surface area (Å²) in [6, 6.07) is 26.9. The van der Waals surface area contributed by atoms with Crippen LogP contribution < -0.4 is 26.0 Å². The number of hydrogen-bond acceptors (Lipinski definition) is 7. The van der Waals surface area contributed by atoms with Gasteiger partial charge < -0.3 is 35.5 Å². The molecule has 12 nitrogen and oxygen atoms in total. The molecule has 5 rings (SSSR count). The first-order valence-corrected chi connectivity index (χ1v) is 16.4. The topological polar surface area (TPSA) is 171 Å². The highest BCUT2D eigenvalue weighted by molar-refractivity contribution is 6.02. The number of aromatic hydroxyl groups is 1. The lowest BCUT2D eigenvalue weighted by Crippen LogP contribution is -2.55. The fourth-order valence-electron chi connectivity index (χ4n) is 5.25. The summed E-state index contributed by atoms with van der Waals surface area (Å²) in [5, 5.41) is 20.7. The number of fused-ring (bicyclic) bond motifs is 1. The first-order valence-electron chi connectivity index (χ1n) is 16.4. The third kappa shape index (κ3) is 10.8. The van der Waals surface area contributed by atoms with Crippen LogP contribution in [-0.2, 0) is 33.8 Å². The average Bonchev–Trinajstić information content (AvgIpc) is 3.50. The van der Waals surface area contributed by atoms with Crippen molar-refractivity contribution >= 4 is 40.5 Å². The average molecular weight is 692 g/mol. The van der Waals surface area contributed by atoms with Gasteiger partial charge in [0.2, 0.25) is 5.91 Å². The number of H-pyrrole nitrogens is 1. The van der Waals surface area contributed by atoms with E-state index < -0.39 is 41.6 Å². The summed E-state index contributed by atoms with van der Waals surface area (Å²) in [5.74, 6) is -0.713. The molecule has 0 saturated heterocycles. The highest BCUT2D eigenvalue weighted by atomic mass is 16.6. The minimum Gasteiger partial charge on any atom is -0.508 e. The number of anilines is 1. The molecule has 0 fully saturated rings. The molecule has 264 valence electrons. The number of carbonyl (C=O) groups is 4. The van der Waals surface area contributed by atoms with E-state index in [1.54, 1.807) is 51.2 Å². The lowest BCUT2D eigenvalue weighted by atomic mass is 10.0. The zero-order chi connectivity index (χ0) is 36.4. The number of aromatic nitrogens is 1. The number of phenolic OH excluding ortho intramolecular Hbond substituents is 1. The lowest BCUT2D eigenvalue weighted by Gasteiger charge is -2.24. The van der Waals surface area contributed by atoms with E-state index >= 15 is 0 Å². The molecule has 1 heterocycles. The predicted octanol–water partition coefficient (Wildman–Crippen LogP) is 5.96. The van der Waals surface area contributed by atoms with Crippen molar-refractivity contribution in [2.45, 2.75) is 57.9 Å². The molecule has 51 heavy (non-hydrogen) atoms. The van der Waals surface area contributed by atoms with Gasteiger partial charge >= 0.3 is 12.1 Å². The van der Waals surface area contributed by atoms with E-state index in [0.717, 1.165) is 22.0 Å². The van der Waals surface area contributed by atoms with E-state index in [1.165, 1.54) is 24.3 Å². The van der Waals surface area contributed by atoms with Crippen LogP contribution in [0.15, 0.2) is 109 Å². The first kappa shape index (κ1) is 36.0. The van der Waals surface area contributed by atoms with Crippen LogP contribution in [0.4, 0.5) is 15.3 Å². The maximum Gasteiger partial charge on any atom is 0.408 e. The van der Waals surface area contributed by atoms with Gasteiger partial charge in [0.15, 0.2) is 0 Å². The van der Waals surface area contributed by atoms with Crippen molar-refractivity contribution in [3.63, 3.8) is 0 Å². The fourth-order valence-corrected chi connectivity index (χ4v) is 5.25. The minimum atomic E-state index is -1.21. The van der Waals surface area contributed by atoms with Crippen LogP contribution in [0.1, 0.15) is 37.5 Å². The van der Waals surface area contributed by atoms with Crippen molar-refractivity contribution in [2.75, 3.05) is 5.32 Å². The highest BCUT2D eigenvalue weighted by Crippen LogP contribution is 2.21. The lowest BCUT2D eigenvalue weighted by molar-refractivity contribution is -0.122. The molecule has 5 aromatic rings. The number of hydrogen-bond donors (Lipinski definition) is 6. The van der Waals surface area contributed by atoms with Crippen LogP contribution in [0.25, 0.3) is 10.9 Å². The van der Waals surface area contributed by atoms with E-state index in [9.17, 15) is 24.3 Å². The number of imide groups is 1. The number of alkyl carbamates (subject to hydrolysis) is 1. The molecule has 0 aliphatic carbocycles. The number of aromatic amines is 1. The van der Waals surface area contributed by atoms with Crippen LogP contribution in [0, 0.1) is 0 Å². The first-order chi connectivity index (χ1) is 24.4. The fraction of sp³-hybridized carbons (Fsp3) is 0.231. The van der Waals surface area contributed by atoms with E-state index in [2.05, 4.69) is 26.3 Å². The molecule has 12 heteroatoms. The normalized spacial score (nSPS) is 12.3. The molecule has 0 unspecified atom stereocenters. The number of urea groups is 1. The Bertz CT molecular complexity index is 1950. The van der Waals surface area contributed by atoms with Gasteiger partial charge in [0, 0.05) is 35.6 Å². The van der Waals surface area contributed by atoms with E-state index in [1.807, 2.05) is 54.6 Å². The van der Waals surface area contributed by atoms with E-state index in [4.69, 9.17) is 9.47 Å². The maximum atomic E-state index is 13.6. The number of carbonyl (C=O) groups excluding carboxylic acids is 4. The van der Waals surface area contributed by atoms with Crippen molar-refractivity contribution in [1.82, 2.24) is 20.9 Å². The molecule has 1 aromatic heterocycles. The third-order valence-corrected chi connectivity index (χ3v) is 7.71. The smallest absolute Gasteiger partial charge is 0.408 e. The Kier molecular flexibility index (Phi) is 11.6. The summed E-state index contributed by atoms with van der Waals surface area (Å²) in [7, 11) is 0. The molecule has 4 aromatic carbocycles. The second-order valence-electron chi connectivity index (χ2n) is 12.9. The van der Waals surface area contributed by atoms with Crippen LogP contribution in [0.5, 0.6) is 11.5 Å². The van der Waals surface area contributed by atoms with Crippen LogP contribution in [-0.4, -0.2) is 51.7 Å². The van der Waals surface area contributed by atoms with Gasteiger partial charge in [-0.3, -0.25) is 14.9 Å². The molecule has 0 spiro atoms. The Morgan fingerprint density at radius 2 is 1.41 bits per heavy atom. The Morgan fingerprint density at radius 1 is 0.745 bits per heavy atom. The SMILES string of the molecule is CC(C)(C)OC(=O)N[C@@H](Cc1ccc(OCc2ccccc2)cc1)C(=O)NC(=O)N[C@@H](Cc1c[nH]c2ccccc12)C(=O)Nc1ccc(O)cc1. The van der Waals surface area contributed by atoms with E-state index in [0.29, 0.717) is 23.6 Å². The zero-order valence-corrected chi connectivity index (χ0v) is 28.6. The number of para-hydroxylation sites is 1. The predicted molar refractivity (Wildman–Crippen MR) is 193 cm³/mol. The number of ether oxygens (including phenoxy) is 2. The van der Waals surface area contributed by atoms with Crippen molar-refractivity contribution in [3.05, 3.63) is 126 Å². The van der Waals surface area contributed by atoms with Gasteiger partial charge in [-0.2, -0.15) is 0 Å². The van der Waals surface area contributed by atoms with E-state index in [-0.39, 0.29) is 18.6 Å². The molecule has 6 N–H and O–H groups in total. The maximum absolute atomic E-state index is 13.6. The van der Waals surface area contributed by atoms with Gasteiger partial charge in [-0.05, 0) is 79.9 Å². The standard InChI is InChI=1S/C39H41N5O7/c1-39(2,3)51-38(49)43-33(21-25-13-19-30(20-14-25)50-24-26-9-5-4-6-10-26)36(47)44-37(48)42-34(35(46)41-28-15-17-29(45)18-16-28)22-27-23-40-32-12-8-7-11-31(27)32/h4-20,23,33-34,40,45H,21-22,24H2,1-3H3,(H,41,46)(H,43,49)(H2,42,44,47,48)/t33-,34-/m0/s1. The number of rotatable bonds is 12. The third-order valence-electron chi connectivity index (χ3n) is 7.71. The summed E-state index contributed by atoms with van der Waals surface area (Å²) in [5.41, 5.74) is 2.89. The number of benzene rings is 4. The van der Waals surface area contributed by atoms with Crippen molar-refractivity contribution < 1.29 is 33.8 Å². The molecular weight excluding hydrogens is 650 g/mol. The highest BCUT2D eigenvalue weighted by Gasteiger charge is 2.28. The summed E-state index contributed by atoms with van der Waals surface area (Å²) >= 11 is 0. The molecule has 0 saturated carbocycles. The van der Waals surface area contributed by atoms with Crippen molar-refractivity contribution in [3.8, 4) is 11.5 Å². The summed E-state index contributed by atoms with van der Waals surface area (Å²) in [4.78, 5) is 56.3. The molecule has 0 bridgehead atoms. The van der Waals surface area contributed by atoms with Gasteiger partial charge in [0.05, 0.1) is 0 Å². The molecule has 5 amide bonds. The summed E-state index contributed by atoms with van der Waals surface area (Å²) in [6.45, 7) is 5.47. The molecule has 0 aliphatic heterocycles. The van der Waals surface area contributed by atoms with Crippen LogP contribution >= 0.6 is 0 Å². The number of phenols is 1. The molecular formula is C39H41N5O7. The van der Waals surface area contributed by atoms with Gasteiger partial charge in [-0.15, -0.1) is 0 Å². The molecule has 0 aliphatic rings. The Balaban J connectivity index is 1.29. The zero-order valence-electron chi connectivity index (χ0n) is 28.6. The Labute approximate surface area is 295 Å². The molecule has 2 atom stereocenters. The quantitative estimate of drug-likeness (QED) is 0.0876. The number of amides is 5. The largest absolute Gasteiger partial charge is 0.508 e. The molecule has 0 radical (unpaired) electrons. The summed E-state index contributed by atoms with van der Waals surface area (Å²) < 4.78 is 11.2. The van der Waals surface area contributed by atoms with Gasteiger partial charge in [-0.1, -0.05) is 60.7 Å². The monoisotopic (exact) mass is 691 g/mol. The van der Waals surface area contributed by atoms with Gasteiger partial charge in [0.25, 0.3) is 5.91 Å². The second kappa shape index (κ2) is 16.4.